The van der Waals surface area contributed by atoms with Gasteiger partial charge in [0.15, 0.2) is 12.6 Å². The van der Waals surface area contributed by atoms with E-state index >= 15 is 0 Å². The third-order valence-corrected chi connectivity index (χ3v) is 16.7. The molecule has 4 aliphatic rings. The number of aliphatic hydroxyl groups is 5. The molecule has 21 heteroatoms. The zero-order valence-corrected chi connectivity index (χ0v) is 46.8. The molecule has 4 fully saturated rings. The number of carbonyl (C=O) groups excluding carboxylic acids is 1. The van der Waals surface area contributed by atoms with E-state index in [0.717, 1.165) is 24.3 Å². The number of benzene rings is 1. The molecule has 1 aromatic heterocycles. The summed E-state index contributed by atoms with van der Waals surface area (Å²) in [6, 6.07) is 6.11. The van der Waals surface area contributed by atoms with Gasteiger partial charge in [0.2, 0.25) is 0 Å². The van der Waals surface area contributed by atoms with Crippen molar-refractivity contribution in [3.8, 4) is 0 Å². The van der Waals surface area contributed by atoms with Crippen LogP contribution in [0.25, 0.3) is 0 Å². The number of rotatable bonds is 16. The third-order valence-electron chi connectivity index (χ3n) is 16.7. The third kappa shape index (κ3) is 14.6. The van der Waals surface area contributed by atoms with Crippen molar-refractivity contribution in [1.82, 2.24) is 24.8 Å². The molecular weight excluding hydrogens is 976 g/mol. The lowest BCUT2D eigenvalue weighted by Gasteiger charge is -2.47. The number of carbonyl (C=O) groups is 1. The van der Waals surface area contributed by atoms with Gasteiger partial charge in [0.05, 0.1) is 60.4 Å². The first kappa shape index (κ1) is 61.2. The Morgan fingerprint density at radius 1 is 0.947 bits per heavy atom. The highest BCUT2D eigenvalue weighted by Crippen LogP contribution is 2.39. The molecule has 19 atom stereocenters. The number of hydrogen-bond donors (Lipinski definition) is 5. The summed E-state index contributed by atoms with van der Waals surface area (Å²) in [6.07, 6.45) is -7.84. The van der Waals surface area contributed by atoms with Crippen LogP contribution in [0.5, 0.6) is 0 Å². The normalized spacial score (nSPS) is 39.1. The smallest absolute Gasteiger partial charge is 0.311 e. The molecule has 75 heavy (non-hydrogen) atoms. The molecule has 4 saturated heterocycles. The van der Waals surface area contributed by atoms with Crippen LogP contribution in [0.4, 0.5) is 10.1 Å². The van der Waals surface area contributed by atoms with Gasteiger partial charge in [-0.25, -0.2) is 9.07 Å². The Balaban J connectivity index is 1.22. The van der Waals surface area contributed by atoms with Crippen molar-refractivity contribution in [1.29, 1.82) is 0 Å². The van der Waals surface area contributed by atoms with E-state index in [1.54, 1.807) is 54.8 Å². The van der Waals surface area contributed by atoms with Crippen LogP contribution in [0.15, 0.2) is 30.5 Å². The number of ether oxygens (including phenoxy) is 8. The molecule has 0 aliphatic carbocycles. The first-order valence-electron chi connectivity index (χ1n) is 27.1. The van der Waals surface area contributed by atoms with E-state index in [4.69, 9.17) is 37.9 Å². The van der Waals surface area contributed by atoms with Crippen molar-refractivity contribution in [3.05, 3.63) is 41.7 Å². The monoisotopic (exact) mass is 1070 g/mol. The van der Waals surface area contributed by atoms with Crippen molar-refractivity contribution in [2.75, 3.05) is 79.3 Å². The molecule has 0 bridgehead atoms. The maximum atomic E-state index is 14.9. The van der Waals surface area contributed by atoms with Gasteiger partial charge in [0, 0.05) is 83.6 Å². The lowest BCUT2D eigenvalue weighted by Crippen LogP contribution is -2.59. The van der Waals surface area contributed by atoms with E-state index in [-0.39, 0.29) is 31.6 Å². The van der Waals surface area contributed by atoms with Crippen LogP contribution < -0.4 is 4.90 Å². The van der Waals surface area contributed by atoms with Gasteiger partial charge in [-0.1, -0.05) is 31.2 Å². The summed E-state index contributed by atoms with van der Waals surface area (Å²) in [7, 11) is 6.77. The number of hydrogen-bond acceptors (Lipinski definition) is 19. The molecule has 5 N–H and O–H groups in total. The van der Waals surface area contributed by atoms with E-state index < -0.39 is 121 Å². The van der Waals surface area contributed by atoms with Crippen LogP contribution in [0.3, 0.4) is 0 Å². The number of halogens is 1. The first-order chi connectivity index (χ1) is 35.4. The minimum atomic E-state index is -1.84. The maximum Gasteiger partial charge on any atom is 0.311 e. The Bertz CT molecular complexity index is 2070. The van der Waals surface area contributed by atoms with E-state index in [9.17, 15) is 34.7 Å². The van der Waals surface area contributed by atoms with Crippen LogP contribution in [0, 0.1) is 11.8 Å². The summed E-state index contributed by atoms with van der Waals surface area (Å²) in [4.78, 5) is 20.6. The molecule has 428 valence electrons. The number of alkyl halides is 1. The molecular formula is C54H91FN6O14. The molecule has 0 radical (unpaired) electrons. The van der Waals surface area contributed by atoms with E-state index in [2.05, 4.69) is 15.2 Å². The first-order valence-corrected chi connectivity index (χ1v) is 27.1. The van der Waals surface area contributed by atoms with Gasteiger partial charge in [0.25, 0.3) is 0 Å². The lowest BCUT2D eigenvalue weighted by molar-refractivity contribution is -0.308. The predicted octanol–water partition coefficient (Wildman–Crippen LogP) is 3.59. The molecule has 2 aromatic rings. The van der Waals surface area contributed by atoms with Gasteiger partial charge in [-0.3, -0.25) is 4.79 Å². The average molecular weight is 1070 g/mol. The Kier molecular flexibility index (Phi) is 21.5. The maximum absolute atomic E-state index is 14.9. The molecule has 20 nitrogen and oxygen atoms in total. The van der Waals surface area contributed by atoms with E-state index in [0.29, 0.717) is 44.8 Å². The van der Waals surface area contributed by atoms with Gasteiger partial charge >= 0.3 is 5.97 Å². The number of cyclic esters (lactones) is 1. The standard InChI is InChI=1S/C54H91FN6O14/c1-14-43-54(9,67)48(63)35(5)59(11)30-32(2)27-52(7,66)44(26-42(34(4)50(65)74-43)73-45-28-53(8,69-13)49(64)36(6)72-45)75-51-46(62)40(25-33(3)71-51)58(10)20-19-38-31-61(57-56-38)41(29-55)47(68-12)37-15-17-39(18-16-37)60-21-23-70-24-22-60/h15-18,31-36,40-49,51,62-64,66-67H,14,19-30H2,1-13H3/t32-,33-,34-,35-,36+,40+,41-,42+,43-,44-,45+,46-,47-,48-,49+,51+,52-,53-,54-/m1/s1. The number of morpholine rings is 1. The molecule has 0 spiro atoms. The zero-order valence-electron chi connectivity index (χ0n) is 46.8. The number of nitrogens with zero attached hydrogens (tertiary/aromatic N) is 6. The van der Waals surface area contributed by atoms with Crippen molar-refractivity contribution < 1.29 is 72.6 Å². The topological polar surface area (TPSA) is 232 Å². The molecule has 0 unspecified atom stereocenters. The van der Waals surface area contributed by atoms with E-state index in [1.165, 1.54) is 18.7 Å². The predicted molar refractivity (Wildman–Crippen MR) is 277 cm³/mol. The van der Waals surface area contributed by atoms with Crippen LogP contribution in [0.1, 0.15) is 118 Å². The van der Waals surface area contributed by atoms with Crippen molar-refractivity contribution in [2.45, 2.75) is 203 Å². The Labute approximate surface area is 444 Å². The average Bonchev–Trinajstić information content (AvgIpc) is 3.85. The second-order valence-corrected chi connectivity index (χ2v) is 22.7. The quantitative estimate of drug-likeness (QED) is 0.151. The van der Waals surface area contributed by atoms with Gasteiger partial charge < -0.3 is 78.1 Å². The Morgan fingerprint density at radius 2 is 1.63 bits per heavy atom. The van der Waals surface area contributed by atoms with Gasteiger partial charge in [-0.15, -0.1) is 5.10 Å². The summed E-state index contributed by atoms with van der Waals surface area (Å²) in [5.41, 5.74) is -2.04. The fourth-order valence-corrected chi connectivity index (χ4v) is 11.6. The molecule has 6 rings (SSSR count). The van der Waals surface area contributed by atoms with Gasteiger partial charge in [0.1, 0.15) is 48.8 Å². The Hall–Kier alpha value is -3.00. The fraction of sp³-hybridized carbons (Fsp3) is 0.833. The van der Waals surface area contributed by atoms with Crippen LogP contribution in [0.2, 0.25) is 0 Å². The van der Waals surface area contributed by atoms with E-state index in [1.807, 2.05) is 62.0 Å². The highest BCUT2D eigenvalue weighted by atomic mass is 19.1. The number of aromatic nitrogens is 3. The Morgan fingerprint density at radius 3 is 2.25 bits per heavy atom. The summed E-state index contributed by atoms with van der Waals surface area (Å²) in [5, 5.41) is 68.3. The largest absolute Gasteiger partial charge is 0.459 e. The SMILES string of the molecule is CC[C@H]1OC(=O)[C@H](C)[C@@H](O[C@H]2C[C@@](C)(OC)[C@@H](O)[C@H](C)O2)C[C@@H](O[C@@H]2O[C@H](C)C[C@H](N(C)CCc3cn([C@H](CF)[C@H](OC)c4ccc(N5CCOCC5)cc4)nn3)[C@H]2O)[C@](C)(O)C[C@@H](C)CN(C)[C@H](C)[C@@H](O)[C@]1(C)O. The van der Waals surface area contributed by atoms with Crippen molar-refractivity contribution in [2.24, 2.45) is 11.8 Å². The minimum Gasteiger partial charge on any atom is -0.459 e. The summed E-state index contributed by atoms with van der Waals surface area (Å²) in [5.74, 6) is -1.99. The highest BCUT2D eigenvalue weighted by molar-refractivity contribution is 5.73. The minimum absolute atomic E-state index is 0.0930. The molecule has 0 saturated carbocycles. The fourth-order valence-electron chi connectivity index (χ4n) is 11.6. The zero-order chi connectivity index (χ0) is 55.2. The summed E-state index contributed by atoms with van der Waals surface area (Å²) >= 11 is 0. The molecule has 0 amide bonds. The summed E-state index contributed by atoms with van der Waals surface area (Å²) < 4.78 is 65.8. The number of methoxy groups -OCH3 is 2. The molecule has 5 heterocycles. The summed E-state index contributed by atoms with van der Waals surface area (Å²) in [6.45, 7) is 18.7. The highest BCUT2D eigenvalue weighted by Gasteiger charge is 2.51. The molecule has 4 aliphatic heterocycles. The number of likely N-dealkylation sites (N-methyl/N-ethyl adjacent to an activating group) is 2. The van der Waals surface area contributed by atoms with Crippen LogP contribution in [-0.2, 0) is 49.1 Å². The lowest BCUT2D eigenvalue weighted by atomic mass is 9.83. The number of esters is 1. The van der Waals surface area contributed by atoms with Gasteiger partial charge in [-0.2, -0.15) is 0 Å². The van der Waals surface area contributed by atoms with Crippen LogP contribution >= 0.6 is 0 Å². The van der Waals surface area contributed by atoms with Crippen LogP contribution in [-0.4, -0.2) is 221 Å². The number of aliphatic hydroxyl groups excluding tert-OH is 3. The van der Waals surface area contributed by atoms with Gasteiger partial charge in [-0.05, 0) is 105 Å². The number of anilines is 1. The van der Waals surface area contributed by atoms with Crippen molar-refractivity contribution in [3.63, 3.8) is 0 Å². The van der Waals surface area contributed by atoms with Crippen molar-refractivity contribution >= 4 is 11.7 Å². The second kappa shape index (κ2) is 26.3. The second-order valence-electron chi connectivity index (χ2n) is 22.7. The molecule has 1 aromatic carbocycles.